The second-order valence-corrected chi connectivity index (χ2v) is 5.24. The summed E-state index contributed by atoms with van der Waals surface area (Å²) in [6.07, 6.45) is 5.82. The predicted molar refractivity (Wildman–Crippen MR) is 80.1 cm³/mol. The molecular formula is C17H20N2O. The minimum atomic E-state index is 0.407. The number of aromatic nitrogens is 1. The van der Waals surface area contributed by atoms with Crippen molar-refractivity contribution in [3.05, 3.63) is 59.9 Å². The molecule has 2 aromatic rings. The van der Waals surface area contributed by atoms with Gasteiger partial charge in [-0.2, -0.15) is 0 Å². The molecule has 1 aromatic heterocycles. The van der Waals surface area contributed by atoms with E-state index >= 15 is 0 Å². The van der Waals surface area contributed by atoms with Crippen LogP contribution in [0.2, 0.25) is 0 Å². The van der Waals surface area contributed by atoms with Gasteiger partial charge in [0.05, 0.1) is 6.61 Å². The summed E-state index contributed by atoms with van der Waals surface area (Å²) in [6.45, 7) is 0.799. The average Bonchev–Trinajstić information content (AvgIpc) is 2.53. The molecule has 0 fully saturated rings. The maximum Gasteiger partial charge on any atom is 0.122 e. The molecule has 1 aliphatic rings. The van der Waals surface area contributed by atoms with Gasteiger partial charge in [0.15, 0.2) is 0 Å². The number of benzene rings is 1. The highest BCUT2D eigenvalue weighted by molar-refractivity contribution is 5.39. The Kier molecular flexibility index (Phi) is 3.97. The Labute approximate surface area is 120 Å². The van der Waals surface area contributed by atoms with Crippen LogP contribution in [0.25, 0.3) is 0 Å². The molecule has 104 valence electrons. The van der Waals surface area contributed by atoms with E-state index in [1.54, 1.807) is 0 Å². The van der Waals surface area contributed by atoms with Crippen LogP contribution in [-0.2, 0) is 6.42 Å². The van der Waals surface area contributed by atoms with Crippen LogP contribution in [0.15, 0.2) is 48.8 Å². The summed E-state index contributed by atoms with van der Waals surface area (Å²) >= 11 is 0. The molecule has 2 heterocycles. The lowest BCUT2D eigenvalue weighted by atomic mass is 9.84. The average molecular weight is 268 g/mol. The molecule has 3 heteroatoms. The molecular weight excluding hydrogens is 248 g/mol. The van der Waals surface area contributed by atoms with Gasteiger partial charge < -0.3 is 10.1 Å². The van der Waals surface area contributed by atoms with Gasteiger partial charge in [-0.1, -0.05) is 24.3 Å². The number of fused-ring (bicyclic) bond motifs is 1. The number of nitrogens with zero attached hydrogens (tertiary/aromatic N) is 1. The molecule has 0 spiro atoms. The third kappa shape index (κ3) is 2.68. The highest BCUT2D eigenvalue weighted by Crippen LogP contribution is 2.36. The number of para-hydroxylation sites is 1. The molecule has 0 radical (unpaired) electrons. The van der Waals surface area contributed by atoms with E-state index in [2.05, 4.69) is 34.6 Å². The van der Waals surface area contributed by atoms with Crippen molar-refractivity contribution in [2.45, 2.75) is 24.8 Å². The van der Waals surface area contributed by atoms with Crippen LogP contribution >= 0.6 is 0 Å². The largest absolute Gasteiger partial charge is 0.493 e. The molecule has 20 heavy (non-hydrogen) atoms. The summed E-state index contributed by atoms with van der Waals surface area (Å²) in [5.41, 5.74) is 2.60. The lowest BCUT2D eigenvalue weighted by Gasteiger charge is -2.32. The first kappa shape index (κ1) is 13.1. The first-order valence-electron chi connectivity index (χ1n) is 7.16. The number of rotatable bonds is 4. The zero-order valence-corrected chi connectivity index (χ0v) is 11.8. The standard InChI is InChI=1S/C17H20N2O/c1-18-16(11-13-5-4-9-19-12-13)14-8-10-20-17-7-3-2-6-15(14)17/h2-7,9,12,14,16,18H,8,10-11H2,1H3. The van der Waals surface area contributed by atoms with Crippen molar-refractivity contribution in [2.75, 3.05) is 13.7 Å². The third-order valence-electron chi connectivity index (χ3n) is 4.04. The van der Waals surface area contributed by atoms with E-state index in [0.717, 1.165) is 25.2 Å². The molecule has 2 atom stereocenters. The third-order valence-corrected chi connectivity index (χ3v) is 4.04. The first-order valence-corrected chi connectivity index (χ1v) is 7.16. The van der Waals surface area contributed by atoms with Crippen LogP contribution in [0.1, 0.15) is 23.5 Å². The Hall–Kier alpha value is -1.87. The van der Waals surface area contributed by atoms with Crippen molar-refractivity contribution in [3.63, 3.8) is 0 Å². The SMILES string of the molecule is CNC(Cc1cccnc1)C1CCOc2ccccc21. The molecule has 2 unspecified atom stereocenters. The summed E-state index contributed by atoms with van der Waals surface area (Å²) in [6, 6.07) is 12.9. The Balaban J connectivity index is 1.84. The van der Waals surface area contributed by atoms with E-state index in [1.807, 2.05) is 31.6 Å². The summed E-state index contributed by atoms with van der Waals surface area (Å²) in [7, 11) is 2.04. The smallest absolute Gasteiger partial charge is 0.122 e. The molecule has 3 nitrogen and oxygen atoms in total. The van der Waals surface area contributed by atoms with Gasteiger partial charge in [0, 0.05) is 24.4 Å². The summed E-state index contributed by atoms with van der Waals surface area (Å²) in [5.74, 6) is 1.53. The van der Waals surface area contributed by atoms with Crippen molar-refractivity contribution in [1.29, 1.82) is 0 Å². The highest BCUT2D eigenvalue weighted by Gasteiger charge is 2.27. The maximum absolute atomic E-state index is 5.76. The number of ether oxygens (including phenoxy) is 1. The van der Waals surface area contributed by atoms with Gasteiger partial charge in [0.1, 0.15) is 5.75 Å². The second kappa shape index (κ2) is 6.06. The van der Waals surface area contributed by atoms with E-state index in [0.29, 0.717) is 12.0 Å². The molecule has 0 saturated carbocycles. The first-order chi connectivity index (χ1) is 9.88. The van der Waals surface area contributed by atoms with Gasteiger partial charge in [-0.3, -0.25) is 4.98 Å². The second-order valence-electron chi connectivity index (χ2n) is 5.24. The van der Waals surface area contributed by atoms with Crippen molar-refractivity contribution in [3.8, 4) is 5.75 Å². The quantitative estimate of drug-likeness (QED) is 0.926. The topological polar surface area (TPSA) is 34.2 Å². The maximum atomic E-state index is 5.76. The fraction of sp³-hybridized carbons (Fsp3) is 0.353. The van der Waals surface area contributed by atoms with Gasteiger partial charge in [-0.05, 0) is 43.1 Å². The van der Waals surface area contributed by atoms with Crippen LogP contribution in [-0.4, -0.2) is 24.7 Å². The monoisotopic (exact) mass is 268 g/mol. The van der Waals surface area contributed by atoms with Gasteiger partial charge in [-0.25, -0.2) is 0 Å². The van der Waals surface area contributed by atoms with Gasteiger partial charge in [0.2, 0.25) is 0 Å². The fourth-order valence-corrected chi connectivity index (χ4v) is 3.01. The zero-order valence-electron chi connectivity index (χ0n) is 11.8. The Bertz CT molecular complexity index is 556. The number of hydrogen-bond acceptors (Lipinski definition) is 3. The lowest BCUT2D eigenvalue weighted by Crippen LogP contribution is -2.36. The van der Waals surface area contributed by atoms with Crippen LogP contribution in [0.3, 0.4) is 0 Å². The number of pyridine rings is 1. The lowest BCUT2D eigenvalue weighted by molar-refractivity contribution is 0.247. The minimum Gasteiger partial charge on any atom is -0.493 e. The van der Waals surface area contributed by atoms with Crippen LogP contribution in [0.4, 0.5) is 0 Å². The van der Waals surface area contributed by atoms with Crippen molar-refractivity contribution in [1.82, 2.24) is 10.3 Å². The molecule has 1 aromatic carbocycles. The van der Waals surface area contributed by atoms with E-state index in [-0.39, 0.29) is 0 Å². The molecule has 1 N–H and O–H groups in total. The van der Waals surface area contributed by atoms with Crippen LogP contribution in [0, 0.1) is 0 Å². The molecule has 0 bridgehead atoms. The van der Waals surface area contributed by atoms with Crippen molar-refractivity contribution >= 4 is 0 Å². The number of likely N-dealkylation sites (N-methyl/N-ethyl adjacent to an activating group) is 1. The normalized spacial score (nSPS) is 18.9. The van der Waals surface area contributed by atoms with Gasteiger partial charge in [0.25, 0.3) is 0 Å². The van der Waals surface area contributed by atoms with Crippen molar-refractivity contribution < 1.29 is 4.74 Å². The predicted octanol–water partition coefficient (Wildman–Crippen LogP) is 2.78. The summed E-state index contributed by atoms with van der Waals surface area (Å²) in [5, 5.41) is 3.48. The Morgan fingerprint density at radius 2 is 2.20 bits per heavy atom. The van der Waals surface area contributed by atoms with E-state index in [9.17, 15) is 0 Å². The van der Waals surface area contributed by atoms with E-state index in [1.165, 1.54) is 11.1 Å². The molecule has 0 amide bonds. The molecule has 0 aliphatic carbocycles. The number of hydrogen-bond donors (Lipinski definition) is 1. The van der Waals surface area contributed by atoms with Crippen LogP contribution in [0.5, 0.6) is 5.75 Å². The Morgan fingerprint density at radius 3 is 3.00 bits per heavy atom. The van der Waals surface area contributed by atoms with Gasteiger partial charge >= 0.3 is 0 Å². The number of nitrogens with one attached hydrogen (secondary N) is 1. The van der Waals surface area contributed by atoms with Crippen molar-refractivity contribution in [2.24, 2.45) is 0 Å². The Morgan fingerprint density at radius 1 is 1.30 bits per heavy atom. The molecule has 0 saturated heterocycles. The van der Waals surface area contributed by atoms with E-state index < -0.39 is 0 Å². The van der Waals surface area contributed by atoms with Gasteiger partial charge in [-0.15, -0.1) is 0 Å². The highest BCUT2D eigenvalue weighted by atomic mass is 16.5. The molecule has 3 rings (SSSR count). The minimum absolute atomic E-state index is 0.407. The fourth-order valence-electron chi connectivity index (χ4n) is 3.01. The van der Waals surface area contributed by atoms with Crippen LogP contribution < -0.4 is 10.1 Å². The molecule has 1 aliphatic heterocycles. The van der Waals surface area contributed by atoms with E-state index in [4.69, 9.17) is 4.74 Å². The zero-order chi connectivity index (χ0) is 13.8. The summed E-state index contributed by atoms with van der Waals surface area (Å²) < 4.78 is 5.76. The summed E-state index contributed by atoms with van der Waals surface area (Å²) in [4.78, 5) is 4.21.